The Morgan fingerprint density at radius 3 is 2.58 bits per heavy atom. The second kappa shape index (κ2) is 9.97. The van der Waals surface area contributed by atoms with Gasteiger partial charge in [-0.15, -0.1) is 10.2 Å². The van der Waals surface area contributed by atoms with E-state index in [0.717, 1.165) is 72.7 Å². The highest BCUT2D eigenvalue weighted by atomic mass is 32.2. The van der Waals surface area contributed by atoms with Gasteiger partial charge in [0, 0.05) is 68.7 Å². The van der Waals surface area contributed by atoms with Crippen LogP contribution in [0.4, 0.5) is 18.9 Å². The van der Waals surface area contributed by atoms with Crippen LogP contribution in [0.15, 0.2) is 60.0 Å². The van der Waals surface area contributed by atoms with E-state index in [1.54, 1.807) is 23.9 Å². The molecule has 0 aliphatic carbocycles. The van der Waals surface area contributed by atoms with E-state index in [2.05, 4.69) is 26.6 Å². The highest BCUT2D eigenvalue weighted by molar-refractivity contribution is 7.99. The largest absolute Gasteiger partial charge is 0.416 e. The van der Waals surface area contributed by atoms with Crippen molar-refractivity contribution in [3.63, 3.8) is 0 Å². The maximum atomic E-state index is 12.9. The van der Waals surface area contributed by atoms with Crippen LogP contribution in [-0.2, 0) is 13.2 Å². The third kappa shape index (κ3) is 5.06. The van der Waals surface area contributed by atoms with E-state index >= 15 is 0 Å². The lowest BCUT2D eigenvalue weighted by Gasteiger charge is -2.27. The molecule has 4 heterocycles. The summed E-state index contributed by atoms with van der Waals surface area (Å²) in [6.45, 7) is 7.92. The number of halogens is 3. The fraction of sp³-hybridized carbons (Fsp3) is 0.462. The number of likely N-dealkylation sites (tertiary alicyclic amines) is 1. The molecule has 1 aromatic carbocycles. The molecule has 0 spiro atoms. The van der Waals surface area contributed by atoms with Crippen molar-refractivity contribution in [2.75, 3.05) is 43.9 Å². The normalized spacial score (nSPS) is 22.5. The summed E-state index contributed by atoms with van der Waals surface area (Å²) in [6.07, 6.45) is 3.83. The van der Waals surface area contributed by atoms with Crippen LogP contribution >= 0.6 is 11.8 Å². The summed E-state index contributed by atoms with van der Waals surface area (Å²) in [4.78, 5) is 6.76. The average molecular weight is 517 g/mol. The van der Waals surface area contributed by atoms with Crippen LogP contribution in [0.2, 0.25) is 0 Å². The van der Waals surface area contributed by atoms with Gasteiger partial charge in [-0.05, 0) is 61.7 Å². The van der Waals surface area contributed by atoms with Crippen molar-refractivity contribution in [3.05, 3.63) is 66.3 Å². The Kier molecular flexibility index (Phi) is 6.91. The van der Waals surface area contributed by atoms with Crippen LogP contribution in [0.5, 0.6) is 0 Å². The molecule has 5 rings (SSSR count). The molecule has 36 heavy (non-hydrogen) atoms. The zero-order chi connectivity index (χ0) is 25.4. The minimum Gasteiger partial charge on any atom is -0.367 e. The van der Waals surface area contributed by atoms with Crippen molar-refractivity contribution >= 4 is 23.0 Å². The lowest BCUT2D eigenvalue weighted by atomic mass is 10.0. The number of anilines is 1. The Labute approximate surface area is 214 Å². The molecule has 0 bridgehead atoms. The average Bonchev–Trinajstić information content (AvgIpc) is 3.52. The summed E-state index contributed by atoms with van der Waals surface area (Å²) in [7, 11) is 3.96. The number of hydrogen-bond donors (Lipinski definition) is 0. The van der Waals surface area contributed by atoms with Gasteiger partial charge in [0.1, 0.15) is 0 Å². The summed E-state index contributed by atoms with van der Waals surface area (Å²) in [5, 5.41) is 9.67. The maximum Gasteiger partial charge on any atom is 0.416 e. The first-order chi connectivity index (χ1) is 17.2. The van der Waals surface area contributed by atoms with Crippen LogP contribution in [0, 0.1) is 5.92 Å². The summed E-state index contributed by atoms with van der Waals surface area (Å²) in [5.41, 5.74) is 2.24. The van der Waals surface area contributed by atoms with Gasteiger partial charge < -0.3 is 19.3 Å². The summed E-state index contributed by atoms with van der Waals surface area (Å²) in [5.74, 6) is 2.36. The third-order valence-electron chi connectivity index (χ3n) is 7.33. The summed E-state index contributed by atoms with van der Waals surface area (Å²) in [6, 6.07) is 6.00. The highest BCUT2D eigenvalue weighted by Crippen LogP contribution is 2.37. The Morgan fingerprint density at radius 2 is 1.86 bits per heavy atom. The van der Waals surface area contributed by atoms with Gasteiger partial charge >= 0.3 is 6.18 Å². The van der Waals surface area contributed by atoms with E-state index in [4.69, 9.17) is 0 Å². The molecule has 3 aliphatic rings. The molecule has 1 aromatic heterocycles. The maximum absolute atomic E-state index is 12.9. The van der Waals surface area contributed by atoms with Crippen molar-refractivity contribution in [1.82, 2.24) is 24.6 Å². The van der Waals surface area contributed by atoms with Gasteiger partial charge in [-0.3, -0.25) is 0 Å². The van der Waals surface area contributed by atoms with Crippen LogP contribution in [0.3, 0.4) is 0 Å². The summed E-state index contributed by atoms with van der Waals surface area (Å²) < 4.78 is 40.8. The molecule has 2 aromatic rings. The van der Waals surface area contributed by atoms with Crippen molar-refractivity contribution < 1.29 is 13.2 Å². The van der Waals surface area contributed by atoms with Gasteiger partial charge in [-0.25, -0.2) is 0 Å². The molecule has 10 heteroatoms. The third-order valence-corrected chi connectivity index (χ3v) is 8.44. The van der Waals surface area contributed by atoms with Crippen LogP contribution in [0.25, 0.3) is 5.57 Å². The number of aromatic nitrogens is 3. The number of hydrogen-bond acceptors (Lipinski definition) is 6. The molecule has 0 N–H and O–H groups in total. The predicted molar refractivity (Wildman–Crippen MR) is 137 cm³/mol. The van der Waals surface area contributed by atoms with Crippen molar-refractivity contribution in [1.29, 1.82) is 0 Å². The number of nitrogens with zero attached hydrogens (tertiary/aromatic N) is 6. The van der Waals surface area contributed by atoms with E-state index in [0.29, 0.717) is 12.0 Å². The van der Waals surface area contributed by atoms with E-state index in [1.165, 1.54) is 12.1 Å². The number of benzene rings is 1. The molecular weight excluding hydrogens is 485 g/mol. The molecule has 2 atom stereocenters. The van der Waals surface area contributed by atoms with E-state index in [9.17, 15) is 13.2 Å². The number of likely N-dealkylation sites (N-methyl/N-ethyl adjacent to an activating group) is 1. The topological polar surface area (TPSA) is 40.4 Å². The molecular formula is C26H31F3N6S. The van der Waals surface area contributed by atoms with Gasteiger partial charge in [0.2, 0.25) is 0 Å². The number of alkyl halides is 3. The Balaban J connectivity index is 1.11. The fourth-order valence-corrected chi connectivity index (χ4v) is 6.14. The number of fused-ring (bicyclic) bond motifs is 1. The zero-order valence-electron chi connectivity index (χ0n) is 20.6. The quantitative estimate of drug-likeness (QED) is 0.386. The standard InChI is InChI=1S/C26H31F3N6S/c1-18-5-6-20(15-32(18)2)24-30-31-25(33(24)3)36-14-4-12-34-16-19-11-13-35(23(19)17-34)22-9-7-21(8-10-22)26(27,28)29/h5-10,15,19,23H,1,4,11-14,16-17H2,2-3H3/t19-,23+/m0/s1. The van der Waals surface area contributed by atoms with Crippen LogP contribution in [0.1, 0.15) is 24.2 Å². The van der Waals surface area contributed by atoms with Gasteiger partial charge in [-0.2, -0.15) is 13.2 Å². The Hall–Kier alpha value is -2.72. The van der Waals surface area contributed by atoms with Gasteiger partial charge in [0.25, 0.3) is 0 Å². The predicted octanol–water partition coefficient (Wildman–Crippen LogP) is 4.88. The monoisotopic (exact) mass is 516 g/mol. The fourth-order valence-electron chi connectivity index (χ4n) is 5.31. The second-order valence-corrected chi connectivity index (χ2v) is 10.8. The van der Waals surface area contributed by atoms with Crippen molar-refractivity contribution in [2.24, 2.45) is 13.0 Å². The molecule has 0 radical (unpaired) electrons. The number of rotatable bonds is 7. The summed E-state index contributed by atoms with van der Waals surface area (Å²) >= 11 is 1.72. The molecule has 0 saturated carbocycles. The first-order valence-corrected chi connectivity index (χ1v) is 13.2. The van der Waals surface area contributed by atoms with Crippen molar-refractivity contribution in [2.45, 2.75) is 30.2 Å². The molecule has 192 valence electrons. The lowest BCUT2D eigenvalue weighted by Crippen LogP contribution is -2.35. The van der Waals surface area contributed by atoms with Crippen LogP contribution in [-0.4, -0.2) is 69.6 Å². The van der Waals surface area contributed by atoms with E-state index in [-0.39, 0.29) is 0 Å². The van der Waals surface area contributed by atoms with E-state index < -0.39 is 11.7 Å². The smallest absolute Gasteiger partial charge is 0.367 e. The molecule has 2 saturated heterocycles. The Bertz CT molecular complexity index is 1170. The first-order valence-electron chi connectivity index (χ1n) is 12.2. The second-order valence-electron chi connectivity index (χ2n) is 9.70. The zero-order valence-corrected chi connectivity index (χ0v) is 21.4. The molecule has 2 fully saturated rings. The molecule has 0 amide bonds. The van der Waals surface area contributed by atoms with Gasteiger partial charge in [-0.1, -0.05) is 18.3 Å². The number of thioether (sulfide) groups is 1. The van der Waals surface area contributed by atoms with Gasteiger partial charge in [0.15, 0.2) is 11.0 Å². The highest BCUT2D eigenvalue weighted by Gasteiger charge is 2.41. The minimum atomic E-state index is -4.29. The lowest BCUT2D eigenvalue weighted by molar-refractivity contribution is -0.137. The SMILES string of the molecule is C=C1C=CC(c2nnc(SCCCN3C[C@@H]4CCN(c5ccc(C(F)(F)F)cc5)[C@@H]4C3)n2C)=CN1C. The van der Waals surface area contributed by atoms with Gasteiger partial charge in [0.05, 0.1) is 5.56 Å². The Morgan fingerprint density at radius 1 is 1.08 bits per heavy atom. The van der Waals surface area contributed by atoms with E-state index in [1.807, 2.05) is 41.9 Å². The number of allylic oxidation sites excluding steroid dienone is 3. The van der Waals surface area contributed by atoms with Crippen LogP contribution < -0.4 is 4.90 Å². The molecule has 6 nitrogen and oxygen atoms in total. The minimum absolute atomic E-state index is 0.377. The molecule has 0 unspecified atom stereocenters. The molecule has 3 aliphatic heterocycles. The van der Waals surface area contributed by atoms with Crippen molar-refractivity contribution in [3.8, 4) is 0 Å². The first kappa shape index (κ1) is 25.0.